The highest BCUT2D eigenvalue weighted by Crippen LogP contribution is 2.44. The van der Waals surface area contributed by atoms with Crippen molar-refractivity contribution in [2.24, 2.45) is 17.1 Å². The number of nitrogens with two attached hydrogens (primary N) is 1. The summed E-state index contributed by atoms with van der Waals surface area (Å²) < 4.78 is 8.29. The van der Waals surface area contributed by atoms with Crippen molar-refractivity contribution in [3.05, 3.63) is 39.8 Å². The minimum atomic E-state index is -0.482. The summed E-state index contributed by atoms with van der Waals surface area (Å²) in [6.45, 7) is 6.73. The second-order valence-corrected chi connectivity index (χ2v) is 10.8. The highest BCUT2D eigenvalue weighted by molar-refractivity contribution is 7.80. The maximum Gasteiger partial charge on any atom is 0.257 e. The zero-order valence-corrected chi connectivity index (χ0v) is 19.9. The van der Waals surface area contributed by atoms with Crippen LogP contribution >= 0.6 is 35.3 Å². The molecule has 31 heavy (non-hydrogen) atoms. The van der Waals surface area contributed by atoms with Crippen molar-refractivity contribution in [2.75, 3.05) is 5.32 Å². The van der Waals surface area contributed by atoms with Crippen LogP contribution in [0.3, 0.4) is 0 Å². The van der Waals surface area contributed by atoms with Crippen molar-refractivity contribution in [1.29, 1.82) is 0 Å². The van der Waals surface area contributed by atoms with E-state index in [1.807, 2.05) is 0 Å². The van der Waals surface area contributed by atoms with Gasteiger partial charge in [-0.15, -0.1) is 11.3 Å². The van der Waals surface area contributed by atoms with Crippen molar-refractivity contribution >= 4 is 68.2 Å². The van der Waals surface area contributed by atoms with E-state index in [-0.39, 0.29) is 16.4 Å². The SMILES string of the molecule is CC(C)(C)[C@@H]1CCc2c(sc(NC(=S)NC(=O)c3ccc4nsnc4c3)c2C(N)=O)C1. The van der Waals surface area contributed by atoms with Crippen LogP contribution in [0.25, 0.3) is 11.0 Å². The van der Waals surface area contributed by atoms with E-state index in [9.17, 15) is 9.59 Å². The third-order valence-corrected chi connectivity index (χ3v) is 7.64. The highest BCUT2D eigenvalue weighted by Gasteiger charge is 2.33. The monoisotopic (exact) mass is 473 g/mol. The van der Waals surface area contributed by atoms with Crippen LogP contribution in [-0.4, -0.2) is 25.7 Å². The van der Waals surface area contributed by atoms with E-state index in [2.05, 4.69) is 40.2 Å². The molecule has 4 N–H and O–H groups in total. The lowest BCUT2D eigenvalue weighted by Gasteiger charge is -2.33. The summed E-state index contributed by atoms with van der Waals surface area (Å²) in [6.07, 6.45) is 2.74. The Balaban J connectivity index is 1.52. The Hall–Kier alpha value is -2.43. The number of anilines is 1. The average molecular weight is 474 g/mol. The molecular formula is C21H23N5O2S3. The number of carbonyl (C=O) groups excluding carboxylic acids is 2. The summed E-state index contributed by atoms with van der Waals surface area (Å²) in [6, 6.07) is 5.09. The fraction of sp³-hybridized carbons (Fsp3) is 0.381. The topological polar surface area (TPSA) is 110 Å². The summed E-state index contributed by atoms with van der Waals surface area (Å²) in [5.74, 6) is -0.305. The molecule has 1 atom stereocenters. The minimum absolute atomic E-state index is 0.120. The van der Waals surface area contributed by atoms with Crippen LogP contribution in [0.2, 0.25) is 0 Å². The number of nitrogens with zero attached hydrogens (tertiary/aromatic N) is 2. The quantitative estimate of drug-likeness (QED) is 0.494. The summed E-state index contributed by atoms with van der Waals surface area (Å²) in [7, 11) is 0. The molecule has 1 aliphatic rings. The van der Waals surface area contributed by atoms with E-state index in [4.69, 9.17) is 18.0 Å². The van der Waals surface area contributed by atoms with E-state index >= 15 is 0 Å². The van der Waals surface area contributed by atoms with Crippen LogP contribution in [0.4, 0.5) is 5.00 Å². The molecule has 0 radical (unpaired) electrons. The fourth-order valence-corrected chi connectivity index (χ4v) is 6.02. The molecule has 0 aliphatic heterocycles. The van der Waals surface area contributed by atoms with Gasteiger partial charge in [0.25, 0.3) is 11.8 Å². The Morgan fingerprint density at radius 3 is 2.68 bits per heavy atom. The molecule has 2 heterocycles. The number of primary amides is 1. The summed E-state index contributed by atoms with van der Waals surface area (Å²) in [5.41, 5.74) is 9.22. The molecule has 0 spiro atoms. The van der Waals surface area contributed by atoms with Gasteiger partial charge in [0, 0.05) is 10.4 Å². The number of rotatable bonds is 3. The molecule has 3 aromatic rings. The number of aromatic nitrogens is 2. The third-order valence-electron chi connectivity index (χ3n) is 5.71. The number of hydrogen-bond acceptors (Lipinski definition) is 7. The molecule has 1 aromatic carbocycles. The van der Waals surface area contributed by atoms with E-state index in [1.165, 1.54) is 11.3 Å². The first-order valence-electron chi connectivity index (χ1n) is 9.92. The number of thiocarbonyl (C=S) groups is 1. The lowest BCUT2D eigenvalue weighted by atomic mass is 9.72. The smallest absolute Gasteiger partial charge is 0.257 e. The molecule has 2 aromatic heterocycles. The van der Waals surface area contributed by atoms with Gasteiger partial charge in [0.15, 0.2) is 5.11 Å². The molecule has 0 fully saturated rings. The average Bonchev–Trinajstić information content (AvgIpc) is 3.29. The normalized spacial score (nSPS) is 16.0. The molecule has 7 nitrogen and oxygen atoms in total. The molecule has 0 bridgehead atoms. The molecule has 10 heteroatoms. The maximum atomic E-state index is 12.6. The van der Waals surface area contributed by atoms with Crippen molar-refractivity contribution < 1.29 is 9.59 Å². The zero-order chi connectivity index (χ0) is 22.3. The van der Waals surface area contributed by atoms with Crippen LogP contribution in [0.5, 0.6) is 0 Å². The van der Waals surface area contributed by atoms with Crippen LogP contribution in [-0.2, 0) is 12.8 Å². The van der Waals surface area contributed by atoms with Crippen LogP contribution < -0.4 is 16.4 Å². The molecule has 1 aliphatic carbocycles. The largest absolute Gasteiger partial charge is 0.365 e. The standard InChI is InChI=1S/C21H23N5O2S3/c1-21(2,3)11-5-6-12-15(9-11)30-19(16(12)17(22)27)24-20(29)23-18(28)10-4-7-13-14(8-10)26-31-25-13/h4,7-8,11H,5-6,9H2,1-3H3,(H2,22,27)(H2,23,24,28,29)/t11-/m1/s1. The van der Waals surface area contributed by atoms with Gasteiger partial charge < -0.3 is 11.1 Å². The van der Waals surface area contributed by atoms with Crippen molar-refractivity contribution in [1.82, 2.24) is 14.1 Å². The van der Waals surface area contributed by atoms with Gasteiger partial charge in [-0.1, -0.05) is 20.8 Å². The lowest BCUT2D eigenvalue weighted by molar-refractivity contribution is 0.0975. The molecular weight excluding hydrogens is 450 g/mol. The van der Waals surface area contributed by atoms with Gasteiger partial charge in [-0.3, -0.25) is 14.9 Å². The number of thiophene rings is 1. The predicted octanol–water partition coefficient (Wildman–Crippen LogP) is 4.13. The van der Waals surface area contributed by atoms with Gasteiger partial charge in [0.2, 0.25) is 0 Å². The number of benzene rings is 1. The summed E-state index contributed by atoms with van der Waals surface area (Å²) in [5, 5.41) is 6.41. The van der Waals surface area contributed by atoms with E-state index in [0.29, 0.717) is 27.6 Å². The number of amides is 2. The van der Waals surface area contributed by atoms with Crippen molar-refractivity contribution in [3.63, 3.8) is 0 Å². The third kappa shape index (κ3) is 4.46. The van der Waals surface area contributed by atoms with Gasteiger partial charge in [0.1, 0.15) is 16.0 Å². The van der Waals surface area contributed by atoms with Gasteiger partial charge >= 0.3 is 0 Å². The number of carbonyl (C=O) groups is 2. The number of fused-ring (bicyclic) bond motifs is 2. The van der Waals surface area contributed by atoms with Crippen LogP contribution in [0.1, 0.15) is 58.3 Å². The second-order valence-electron chi connectivity index (χ2n) is 8.75. The minimum Gasteiger partial charge on any atom is -0.365 e. The van der Waals surface area contributed by atoms with Gasteiger partial charge in [-0.25, -0.2) is 0 Å². The summed E-state index contributed by atoms with van der Waals surface area (Å²) >= 11 is 7.94. The predicted molar refractivity (Wildman–Crippen MR) is 129 cm³/mol. The molecule has 2 amide bonds. The molecule has 162 valence electrons. The molecule has 0 saturated carbocycles. The Labute approximate surface area is 193 Å². The number of nitrogens with one attached hydrogen (secondary N) is 2. The zero-order valence-electron chi connectivity index (χ0n) is 17.4. The Morgan fingerprint density at radius 2 is 1.97 bits per heavy atom. The van der Waals surface area contributed by atoms with Crippen LogP contribution in [0, 0.1) is 11.3 Å². The summed E-state index contributed by atoms with van der Waals surface area (Å²) in [4.78, 5) is 26.0. The maximum absolute atomic E-state index is 12.6. The lowest BCUT2D eigenvalue weighted by Crippen LogP contribution is -2.34. The van der Waals surface area contributed by atoms with E-state index < -0.39 is 5.91 Å². The number of hydrogen-bond donors (Lipinski definition) is 3. The first kappa shape index (κ1) is 21.8. The van der Waals surface area contributed by atoms with Crippen LogP contribution in [0.15, 0.2) is 18.2 Å². The first-order chi connectivity index (χ1) is 14.6. The van der Waals surface area contributed by atoms with Gasteiger partial charge in [0.05, 0.1) is 17.3 Å². The first-order valence-corrected chi connectivity index (χ1v) is 11.9. The van der Waals surface area contributed by atoms with Gasteiger partial charge in [-0.05, 0) is 66.6 Å². The van der Waals surface area contributed by atoms with E-state index in [0.717, 1.165) is 46.9 Å². The van der Waals surface area contributed by atoms with E-state index in [1.54, 1.807) is 18.2 Å². The van der Waals surface area contributed by atoms with Gasteiger partial charge in [-0.2, -0.15) is 8.75 Å². The molecule has 0 unspecified atom stereocenters. The highest BCUT2D eigenvalue weighted by atomic mass is 32.1. The van der Waals surface area contributed by atoms with Crippen molar-refractivity contribution in [3.8, 4) is 0 Å². The molecule has 4 rings (SSSR count). The Morgan fingerprint density at radius 1 is 1.23 bits per heavy atom. The second kappa shape index (κ2) is 8.25. The fourth-order valence-electron chi connectivity index (χ4n) is 3.91. The Bertz CT molecular complexity index is 1190. The Kier molecular flexibility index (Phi) is 5.80. The van der Waals surface area contributed by atoms with Crippen molar-refractivity contribution in [2.45, 2.75) is 40.0 Å². The molecule has 0 saturated heterocycles.